The average Bonchev–Trinajstić information content (AvgIpc) is 4.03. The van der Waals surface area contributed by atoms with E-state index in [-0.39, 0.29) is 40.2 Å². The summed E-state index contributed by atoms with van der Waals surface area (Å²) in [5.74, 6) is -0.679. The van der Waals surface area contributed by atoms with Crippen LogP contribution in [-0.4, -0.2) is 72.8 Å². The molecule has 332 valence electrons. The molecule has 2 aliphatic heterocycles. The lowest BCUT2D eigenvalue weighted by Crippen LogP contribution is -2.40. The Kier molecular flexibility index (Phi) is 8.58. The second-order valence-corrected chi connectivity index (χ2v) is 18.9. The maximum absolute atomic E-state index is 16.1. The Morgan fingerprint density at radius 2 is 1.77 bits per heavy atom. The number of aromatic amines is 1. The van der Waals surface area contributed by atoms with Gasteiger partial charge in [-0.05, 0) is 131 Å². The van der Waals surface area contributed by atoms with Crippen molar-refractivity contribution in [2.24, 2.45) is 7.05 Å². The number of aryl methyl sites for hydroxylation is 1. The molecular formula is C48H46F2N10O5. The first-order valence-electron chi connectivity index (χ1n) is 22.3. The van der Waals surface area contributed by atoms with Gasteiger partial charge in [0.15, 0.2) is 11.6 Å². The first-order chi connectivity index (χ1) is 31.3. The highest BCUT2D eigenvalue weighted by atomic mass is 19.1. The molecule has 2 saturated carbocycles. The number of pyridine rings is 1. The smallest absolute Gasteiger partial charge is 0.376 e. The third kappa shape index (κ3) is 6.14. The predicted molar refractivity (Wildman–Crippen MR) is 234 cm³/mol. The number of nitrogens with one attached hydrogen (secondary N) is 1. The van der Waals surface area contributed by atoms with Gasteiger partial charge >= 0.3 is 11.4 Å². The van der Waals surface area contributed by atoms with Gasteiger partial charge in [0, 0.05) is 62.0 Å². The van der Waals surface area contributed by atoms with Crippen molar-refractivity contribution in [3.63, 3.8) is 0 Å². The van der Waals surface area contributed by atoms with Crippen LogP contribution in [0.3, 0.4) is 0 Å². The van der Waals surface area contributed by atoms with Crippen molar-refractivity contribution in [1.29, 1.82) is 0 Å². The molecular weight excluding hydrogens is 835 g/mol. The molecule has 65 heavy (non-hydrogen) atoms. The number of imidazole rings is 1. The first-order valence-corrected chi connectivity index (χ1v) is 22.3. The Labute approximate surface area is 369 Å². The van der Waals surface area contributed by atoms with Gasteiger partial charge in [-0.25, -0.2) is 23.1 Å². The van der Waals surface area contributed by atoms with Gasteiger partial charge in [-0.3, -0.25) is 28.1 Å². The van der Waals surface area contributed by atoms with E-state index < -0.39 is 28.7 Å². The van der Waals surface area contributed by atoms with Gasteiger partial charge in [0.1, 0.15) is 11.6 Å². The highest BCUT2D eigenvalue weighted by molar-refractivity contribution is 5.98. The minimum absolute atomic E-state index is 0.0521. The third-order valence-corrected chi connectivity index (χ3v) is 14.4. The van der Waals surface area contributed by atoms with Gasteiger partial charge in [-0.2, -0.15) is 10.2 Å². The lowest BCUT2D eigenvalue weighted by Gasteiger charge is -2.35. The summed E-state index contributed by atoms with van der Waals surface area (Å²) < 4.78 is 50.4. The second kappa shape index (κ2) is 14.1. The molecule has 0 bridgehead atoms. The number of fused-ring (bicyclic) bond motifs is 3. The van der Waals surface area contributed by atoms with Crippen LogP contribution in [0, 0.1) is 11.6 Å². The molecule has 8 heterocycles. The lowest BCUT2D eigenvalue weighted by molar-refractivity contribution is -0.0593. The fourth-order valence-electron chi connectivity index (χ4n) is 10.7. The molecule has 6 aromatic heterocycles. The highest BCUT2D eigenvalue weighted by Crippen LogP contribution is 2.54. The summed E-state index contributed by atoms with van der Waals surface area (Å²) in [6.07, 6.45) is 11.7. The summed E-state index contributed by atoms with van der Waals surface area (Å²) in [5.41, 5.74) is 4.71. The maximum Gasteiger partial charge on any atom is 0.438 e. The zero-order chi connectivity index (χ0) is 44.7. The molecule has 0 spiro atoms. The molecule has 12 rings (SSSR count). The van der Waals surface area contributed by atoms with Crippen molar-refractivity contribution in [3.05, 3.63) is 145 Å². The Morgan fingerprint density at radius 3 is 2.52 bits per heavy atom. The minimum atomic E-state index is -0.766. The molecule has 8 aromatic rings. The summed E-state index contributed by atoms with van der Waals surface area (Å²) in [7, 11) is 1.72. The molecule has 2 atom stereocenters. The van der Waals surface area contributed by atoms with Crippen molar-refractivity contribution in [2.75, 3.05) is 13.2 Å². The van der Waals surface area contributed by atoms with E-state index in [0.29, 0.717) is 77.6 Å². The fraction of sp³-hybridized carbons (Fsp3) is 0.375. The van der Waals surface area contributed by atoms with Crippen LogP contribution in [0.4, 0.5) is 8.78 Å². The van der Waals surface area contributed by atoms with Crippen LogP contribution in [-0.2, 0) is 23.6 Å². The summed E-state index contributed by atoms with van der Waals surface area (Å²) in [6, 6.07) is 13.7. The normalized spacial score (nSPS) is 20.2. The molecule has 1 saturated heterocycles. The van der Waals surface area contributed by atoms with Gasteiger partial charge < -0.3 is 14.0 Å². The Bertz CT molecular complexity index is 3390. The van der Waals surface area contributed by atoms with Crippen LogP contribution in [0.15, 0.2) is 87.4 Å². The molecule has 2 aliphatic carbocycles. The van der Waals surface area contributed by atoms with Crippen molar-refractivity contribution >= 4 is 22.3 Å². The van der Waals surface area contributed by atoms with Crippen LogP contribution < -0.4 is 11.4 Å². The zero-order valence-electron chi connectivity index (χ0n) is 36.3. The molecule has 2 aromatic carbocycles. The Balaban J connectivity index is 0.994. The van der Waals surface area contributed by atoms with E-state index in [1.807, 2.05) is 23.6 Å². The Hall–Kier alpha value is -6.88. The lowest BCUT2D eigenvalue weighted by atomic mass is 9.84. The number of amides is 1. The first kappa shape index (κ1) is 39.7. The van der Waals surface area contributed by atoms with Gasteiger partial charge in [0.05, 0.1) is 56.8 Å². The number of nitrogens with zero attached hydrogens (tertiary/aromatic N) is 9. The second-order valence-electron chi connectivity index (χ2n) is 18.9. The van der Waals surface area contributed by atoms with E-state index in [2.05, 4.69) is 41.2 Å². The quantitative estimate of drug-likeness (QED) is 0.167. The van der Waals surface area contributed by atoms with E-state index in [0.717, 1.165) is 42.5 Å². The number of hydrogen-bond donors (Lipinski definition) is 1. The van der Waals surface area contributed by atoms with Crippen LogP contribution in [0.2, 0.25) is 0 Å². The van der Waals surface area contributed by atoms with Crippen molar-refractivity contribution < 1.29 is 22.8 Å². The van der Waals surface area contributed by atoms with E-state index in [1.165, 1.54) is 27.6 Å². The third-order valence-electron chi connectivity index (χ3n) is 14.4. The van der Waals surface area contributed by atoms with Crippen LogP contribution >= 0.6 is 0 Å². The van der Waals surface area contributed by atoms with E-state index >= 15 is 13.6 Å². The average molecular weight is 881 g/mol. The fourth-order valence-corrected chi connectivity index (χ4v) is 10.7. The maximum atomic E-state index is 16.1. The molecule has 17 heteroatoms. The van der Waals surface area contributed by atoms with E-state index in [4.69, 9.17) is 14.4 Å². The number of rotatable bonds is 8. The standard InChI is InChI=1S/C48H46F2N10O5/c1-26-39-36(53-60(30-7-8-35(49)32(22-30)27-5-6-27)42(39)59-19-18-58(46(59)63)38-10-9-37-34(40(38)50)25-51-55(37)4)12-17-56(26)43(61)33-23-31-21-28(29-13-20-64-47(2,3)24-29)11-16-57(31)41(33)48(14-15-48)44-52-45(62)65-54-44/h7-11,16,18-19,21-23,25-27,29H,5-6,12-15,17,20,24H2,1-4H3,(H,52,54,62)/t26-,29?/m0/s1. The molecule has 4 aliphatic rings. The number of carbonyl (C=O) groups is 1. The largest absolute Gasteiger partial charge is 0.438 e. The summed E-state index contributed by atoms with van der Waals surface area (Å²) >= 11 is 0. The summed E-state index contributed by atoms with van der Waals surface area (Å²) in [6.45, 7) is 7.12. The van der Waals surface area contributed by atoms with E-state index in [9.17, 15) is 9.59 Å². The van der Waals surface area contributed by atoms with Crippen molar-refractivity contribution in [2.45, 2.75) is 94.6 Å². The number of ether oxygens (including phenoxy) is 1. The molecule has 15 nitrogen and oxygen atoms in total. The number of hydrogen-bond acceptors (Lipinski definition) is 8. The number of benzene rings is 2. The molecule has 1 N–H and O–H groups in total. The number of H-pyrrole nitrogens is 1. The number of carbonyl (C=O) groups excluding carboxylic acids is 1. The van der Waals surface area contributed by atoms with Crippen LogP contribution in [0.5, 0.6) is 0 Å². The van der Waals surface area contributed by atoms with Gasteiger partial charge in [0.25, 0.3) is 5.91 Å². The number of halogens is 2. The molecule has 3 fully saturated rings. The van der Waals surface area contributed by atoms with Crippen molar-refractivity contribution in [1.82, 2.24) is 48.1 Å². The number of aromatic nitrogens is 9. The van der Waals surface area contributed by atoms with Crippen LogP contribution in [0.25, 0.3) is 33.6 Å². The predicted octanol–water partition coefficient (Wildman–Crippen LogP) is 7.30. The molecule has 1 unspecified atom stereocenters. The zero-order valence-corrected chi connectivity index (χ0v) is 36.3. The minimum Gasteiger partial charge on any atom is -0.376 e. The monoisotopic (exact) mass is 880 g/mol. The van der Waals surface area contributed by atoms with Gasteiger partial charge in [-0.1, -0.05) is 5.16 Å². The Morgan fingerprint density at radius 1 is 0.954 bits per heavy atom. The topological polar surface area (TPSA) is 155 Å². The molecule has 1 amide bonds. The highest BCUT2D eigenvalue weighted by Gasteiger charge is 2.54. The van der Waals surface area contributed by atoms with E-state index in [1.54, 1.807) is 51.8 Å². The summed E-state index contributed by atoms with van der Waals surface area (Å²) in [5, 5.41) is 13.7. The van der Waals surface area contributed by atoms with Crippen LogP contribution in [0.1, 0.15) is 121 Å². The summed E-state index contributed by atoms with van der Waals surface area (Å²) in [4.78, 5) is 47.1. The van der Waals surface area contributed by atoms with Crippen molar-refractivity contribution in [3.8, 4) is 17.2 Å². The van der Waals surface area contributed by atoms with Gasteiger partial charge in [0.2, 0.25) is 0 Å². The SMILES string of the molecule is C[C@H]1c2c(nn(-c3ccc(F)c(C4CC4)c3)c2-n2ccn(-c3ccc4c(cnn4C)c3F)c2=O)CCN1C(=O)c1cc2cc(C3CCOC(C)(C)C3)ccn2c1C1(c2noc(=O)[nH]2)CC1. The molecule has 0 radical (unpaired) electrons. The van der Waals surface area contributed by atoms with Gasteiger partial charge in [-0.15, -0.1) is 0 Å².